The highest BCUT2D eigenvalue weighted by atomic mass is 16.5. The summed E-state index contributed by atoms with van der Waals surface area (Å²) in [6.07, 6.45) is 3.59. The van der Waals surface area contributed by atoms with Crippen molar-refractivity contribution in [2.24, 2.45) is 5.41 Å². The molecule has 1 aliphatic heterocycles. The molecule has 1 N–H and O–H groups in total. The molecule has 18 heavy (non-hydrogen) atoms. The molecular formula is C13H20N2O3. The number of carboxylic acid groups (broad SMARTS) is 1. The Hall–Kier alpha value is -1.36. The maximum absolute atomic E-state index is 10.7. The lowest BCUT2D eigenvalue weighted by molar-refractivity contribution is 0.0685. The lowest BCUT2D eigenvalue weighted by Crippen LogP contribution is -2.25. The minimum absolute atomic E-state index is 0.0126. The Morgan fingerprint density at radius 3 is 2.78 bits per heavy atom. The van der Waals surface area contributed by atoms with Gasteiger partial charge in [-0.25, -0.2) is 4.79 Å². The Morgan fingerprint density at radius 1 is 1.56 bits per heavy atom. The molecule has 0 atom stereocenters. The van der Waals surface area contributed by atoms with Gasteiger partial charge in [0.15, 0.2) is 11.5 Å². The molecule has 0 saturated carbocycles. The number of nitrogens with zero attached hydrogens (tertiary/aromatic N) is 2. The standard InChI is InChI=1S/C13H20N2O3/c1-3-13(4-2)5-6-15(9-13)8-10-7-11(12(16)17)14-18-10/h7H,3-6,8-9H2,1-2H3,(H,16,17). The molecule has 100 valence electrons. The van der Waals surface area contributed by atoms with Crippen LogP contribution in [0.1, 0.15) is 49.4 Å². The van der Waals surface area contributed by atoms with Crippen LogP contribution in [-0.4, -0.2) is 34.2 Å². The first-order valence-electron chi connectivity index (χ1n) is 6.50. The quantitative estimate of drug-likeness (QED) is 0.871. The summed E-state index contributed by atoms with van der Waals surface area (Å²) in [6.45, 7) is 7.24. The zero-order valence-corrected chi connectivity index (χ0v) is 11.0. The molecular weight excluding hydrogens is 232 g/mol. The summed E-state index contributed by atoms with van der Waals surface area (Å²) in [7, 11) is 0. The smallest absolute Gasteiger partial charge is 0.358 e. The van der Waals surface area contributed by atoms with Gasteiger partial charge in [-0.1, -0.05) is 19.0 Å². The van der Waals surface area contributed by atoms with Gasteiger partial charge in [0.05, 0.1) is 6.54 Å². The number of aromatic carboxylic acids is 1. The molecule has 0 aromatic carbocycles. The maximum Gasteiger partial charge on any atom is 0.358 e. The minimum atomic E-state index is -1.04. The SMILES string of the molecule is CCC1(CC)CCN(Cc2cc(C(=O)O)no2)C1. The highest BCUT2D eigenvalue weighted by molar-refractivity contribution is 5.85. The highest BCUT2D eigenvalue weighted by Gasteiger charge is 2.35. The molecule has 2 rings (SSSR count). The number of rotatable bonds is 5. The molecule has 1 aliphatic rings. The third-order valence-electron chi connectivity index (χ3n) is 4.17. The first-order chi connectivity index (χ1) is 8.58. The Morgan fingerprint density at radius 2 is 2.28 bits per heavy atom. The molecule has 0 radical (unpaired) electrons. The summed E-state index contributed by atoms with van der Waals surface area (Å²) in [6, 6.07) is 1.51. The summed E-state index contributed by atoms with van der Waals surface area (Å²) in [5.41, 5.74) is 0.414. The monoisotopic (exact) mass is 252 g/mol. The second-order valence-corrected chi connectivity index (χ2v) is 5.15. The van der Waals surface area contributed by atoms with Crippen molar-refractivity contribution < 1.29 is 14.4 Å². The van der Waals surface area contributed by atoms with E-state index in [1.165, 1.54) is 25.3 Å². The van der Waals surface area contributed by atoms with Crippen LogP contribution in [0.25, 0.3) is 0 Å². The number of carboxylic acids is 1. The van der Waals surface area contributed by atoms with Crippen molar-refractivity contribution in [3.63, 3.8) is 0 Å². The van der Waals surface area contributed by atoms with E-state index in [2.05, 4.69) is 23.9 Å². The third kappa shape index (κ3) is 2.56. The van der Waals surface area contributed by atoms with Gasteiger partial charge in [0.25, 0.3) is 0 Å². The average molecular weight is 252 g/mol. The van der Waals surface area contributed by atoms with Gasteiger partial charge in [0.2, 0.25) is 0 Å². The summed E-state index contributed by atoms with van der Waals surface area (Å²) in [5, 5.41) is 12.3. The zero-order valence-electron chi connectivity index (χ0n) is 11.0. The fourth-order valence-corrected chi connectivity index (χ4v) is 2.70. The summed E-state index contributed by atoms with van der Waals surface area (Å²) in [4.78, 5) is 13.0. The molecule has 2 heterocycles. The van der Waals surface area contributed by atoms with E-state index in [1.807, 2.05) is 0 Å². The predicted octanol–water partition coefficient (Wildman–Crippen LogP) is 2.38. The summed E-state index contributed by atoms with van der Waals surface area (Å²) >= 11 is 0. The van der Waals surface area contributed by atoms with E-state index in [9.17, 15) is 4.79 Å². The fourth-order valence-electron chi connectivity index (χ4n) is 2.70. The number of carbonyl (C=O) groups is 1. The van der Waals surface area contributed by atoms with E-state index < -0.39 is 5.97 Å². The van der Waals surface area contributed by atoms with Crippen molar-refractivity contribution in [1.82, 2.24) is 10.1 Å². The van der Waals surface area contributed by atoms with Crippen LogP contribution in [0.3, 0.4) is 0 Å². The molecule has 0 spiro atoms. The Balaban J connectivity index is 1.96. The lowest BCUT2D eigenvalue weighted by atomic mass is 9.82. The van der Waals surface area contributed by atoms with Crippen molar-refractivity contribution in [3.05, 3.63) is 17.5 Å². The van der Waals surface area contributed by atoms with Crippen LogP contribution in [-0.2, 0) is 6.54 Å². The molecule has 1 saturated heterocycles. The molecule has 5 heteroatoms. The molecule has 0 bridgehead atoms. The minimum Gasteiger partial charge on any atom is -0.476 e. The maximum atomic E-state index is 10.7. The fraction of sp³-hybridized carbons (Fsp3) is 0.692. The van der Waals surface area contributed by atoms with Gasteiger partial charge >= 0.3 is 5.97 Å². The first-order valence-corrected chi connectivity index (χ1v) is 6.50. The van der Waals surface area contributed by atoms with E-state index in [4.69, 9.17) is 9.63 Å². The Bertz CT molecular complexity index is 424. The topological polar surface area (TPSA) is 66.6 Å². The van der Waals surface area contributed by atoms with Gasteiger partial charge in [-0.3, -0.25) is 4.90 Å². The van der Waals surface area contributed by atoms with E-state index >= 15 is 0 Å². The molecule has 0 unspecified atom stereocenters. The predicted molar refractivity (Wildman–Crippen MR) is 66.4 cm³/mol. The van der Waals surface area contributed by atoms with Gasteiger partial charge in [0.1, 0.15) is 0 Å². The summed E-state index contributed by atoms with van der Waals surface area (Å²) in [5.74, 6) is -0.404. The van der Waals surface area contributed by atoms with E-state index in [-0.39, 0.29) is 5.69 Å². The third-order valence-corrected chi connectivity index (χ3v) is 4.17. The van der Waals surface area contributed by atoms with E-state index in [0.29, 0.717) is 17.7 Å². The lowest BCUT2D eigenvalue weighted by Gasteiger charge is -2.26. The van der Waals surface area contributed by atoms with Gasteiger partial charge in [-0.2, -0.15) is 0 Å². The van der Waals surface area contributed by atoms with Crippen LogP contribution in [0.4, 0.5) is 0 Å². The largest absolute Gasteiger partial charge is 0.476 e. The molecule has 5 nitrogen and oxygen atoms in total. The number of hydrogen-bond donors (Lipinski definition) is 1. The Labute approximate surface area is 107 Å². The molecule has 1 aromatic rings. The number of hydrogen-bond acceptors (Lipinski definition) is 4. The second-order valence-electron chi connectivity index (χ2n) is 5.15. The van der Waals surface area contributed by atoms with Crippen LogP contribution < -0.4 is 0 Å². The van der Waals surface area contributed by atoms with Crippen LogP contribution in [0.2, 0.25) is 0 Å². The number of aromatic nitrogens is 1. The van der Waals surface area contributed by atoms with Gasteiger partial charge < -0.3 is 9.63 Å². The van der Waals surface area contributed by atoms with Crippen LogP contribution in [0.15, 0.2) is 10.6 Å². The van der Waals surface area contributed by atoms with Crippen molar-refractivity contribution >= 4 is 5.97 Å². The molecule has 1 aromatic heterocycles. The Kier molecular flexibility index (Phi) is 3.71. The second kappa shape index (κ2) is 5.10. The number of likely N-dealkylation sites (tertiary alicyclic amines) is 1. The molecule has 0 aliphatic carbocycles. The normalized spacial score (nSPS) is 19.2. The van der Waals surface area contributed by atoms with Crippen LogP contribution in [0.5, 0.6) is 0 Å². The molecule has 0 amide bonds. The van der Waals surface area contributed by atoms with Crippen LogP contribution >= 0.6 is 0 Å². The van der Waals surface area contributed by atoms with Crippen molar-refractivity contribution in [2.75, 3.05) is 13.1 Å². The zero-order chi connectivity index (χ0) is 13.2. The summed E-state index contributed by atoms with van der Waals surface area (Å²) < 4.78 is 5.05. The molecule has 1 fully saturated rings. The highest BCUT2D eigenvalue weighted by Crippen LogP contribution is 2.37. The van der Waals surface area contributed by atoms with Crippen LogP contribution in [0, 0.1) is 5.41 Å². The van der Waals surface area contributed by atoms with E-state index in [1.54, 1.807) is 0 Å². The van der Waals surface area contributed by atoms with Gasteiger partial charge in [0, 0.05) is 12.6 Å². The first kappa shape index (κ1) is 13.1. The van der Waals surface area contributed by atoms with Crippen molar-refractivity contribution in [2.45, 2.75) is 39.7 Å². The van der Waals surface area contributed by atoms with Gasteiger partial charge in [-0.15, -0.1) is 0 Å². The van der Waals surface area contributed by atoms with Crippen molar-refractivity contribution in [1.29, 1.82) is 0 Å². The average Bonchev–Trinajstić information content (AvgIpc) is 2.97. The van der Waals surface area contributed by atoms with E-state index in [0.717, 1.165) is 13.1 Å². The van der Waals surface area contributed by atoms with Gasteiger partial charge in [-0.05, 0) is 31.2 Å². The van der Waals surface area contributed by atoms with Crippen molar-refractivity contribution in [3.8, 4) is 0 Å².